The topological polar surface area (TPSA) is 24.9 Å². The summed E-state index contributed by atoms with van der Waals surface area (Å²) in [5, 5.41) is 6.77. The molecule has 3 heteroatoms. The Morgan fingerprint density at radius 1 is 1.40 bits per heavy atom. The number of hydrogen-bond donors (Lipinski definition) is 1. The summed E-state index contributed by atoms with van der Waals surface area (Å²) >= 11 is 1.78. The molecule has 1 aromatic rings. The molecule has 1 fully saturated rings. The summed E-state index contributed by atoms with van der Waals surface area (Å²) in [4.78, 5) is 4.44. The Labute approximate surface area is 96.1 Å². The fraction of sp³-hybridized carbons (Fsp3) is 0.750. The molecule has 1 aliphatic carbocycles. The first-order valence-corrected chi connectivity index (χ1v) is 6.76. The van der Waals surface area contributed by atoms with Crippen LogP contribution in [-0.4, -0.2) is 12.0 Å². The lowest BCUT2D eigenvalue weighted by Gasteiger charge is -2.31. The lowest BCUT2D eigenvalue weighted by atomic mass is 9.79. The fourth-order valence-corrected chi connectivity index (χ4v) is 3.41. The predicted molar refractivity (Wildman–Crippen MR) is 65.0 cm³/mol. The van der Waals surface area contributed by atoms with E-state index in [1.54, 1.807) is 11.3 Å². The second kappa shape index (κ2) is 5.08. The number of aromatic nitrogens is 1. The Hall–Kier alpha value is -0.410. The summed E-state index contributed by atoms with van der Waals surface area (Å²) in [6, 6.07) is 0.484. The minimum absolute atomic E-state index is 0.484. The summed E-state index contributed by atoms with van der Waals surface area (Å²) in [6.45, 7) is 2.37. The van der Waals surface area contributed by atoms with Crippen molar-refractivity contribution in [2.24, 2.45) is 11.8 Å². The Balaban J connectivity index is 2.01. The summed E-state index contributed by atoms with van der Waals surface area (Å²) in [5.74, 6) is 1.72. The van der Waals surface area contributed by atoms with Crippen LogP contribution in [0.4, 0.5) is 0 Å². The van der Waals surface area contributed by atoms with Crippen molar-refractivity contribution in [2.75, 3.05) is 7.05 Å². The van der Waals surface area contributed by atoms with E-state index in [9.17, 15) is 0 Å². The predicted octanol–water partition coefficient (Wildman–Crippen LogP) is 3.23. The van der Waals surface area contributed by atoms with E-state index < -0.39 is 0 Å². The minimum Gasteiger partial charge on any atom is -0.311 e. The number of thiazole rings is 1. The molecular formula is C12H20N2S. The van der Waals surface area contributed by atoms with Crippen LogP contribution < -0.4 is 5.32 Å². The van der Waals surface area contributed by atoms with Crippen molar-refractivity contribution in [1.82, 2.24) is 10.3 Å². The Morgan fingerprint density at radius 3 is 2.67 bits per heavy atom. The Kier molecular flexibility index (Phi) is 3.76. The number of nitrogens with one attached hydrogen (secondary N) is 1. The van der Waals surface area contributed by atoms with Gasteiger partial charge < -0.3 is 5.32 Å². The van der Waals surface area contributed by atoms with E-state index in [1.807, 2.05) is 6.20 Å². The first-order valence-electron chi connectivity index (χ1n) is 5.88. The molecule has 2 nitrogen and oxygen atoms in total. The zero-order valence-electron chi connectivity index (χ0n) is 9.57. The first kappa shape index (κ1) is 11.1. The molecule has 1 saturated carbocycles. The number of nitrogens with zero attached hydrogens (tertiary/aromatic N) is 1. The molecule has 1 heterocycles. The molecular weight excluding hydrogens is 204 g/mol. The van der Waals surface area contributed by atoms with Gasteiger partial charge in [0.1, 0.15) is 5.01 Å². The minimum atomic E-state index is 0.484. The van der Waals surface area contributed by atoms with Crippen LogP contribution in [0.2, 0.25) is 0 Å². The smallest absolute Gasteiger partial charge is 0.110 e. The molecule has 0 saturated heterocycles. The van der Waals surface area contributed by atoms with Gasteiger partial charge in [-0.3, -0.25) is 0 Å². The summed E-state index contributed by atoms with van der Waals surface area (Å²) in [6.07, 6.45) is 7.39. The lowest BCUT2D eigenvalue weighted by molar-refractivity contribution is 0.237. The lowest BCUT2D eigenvalue weighted by Crippen LogP contribution is -2.28. The quantitative estimate of drug-likeness (QED) is 0.852. The van der Waals surface area contributed by atoms with Gasteiger partial charge in [0.2, 0.25) is 0 Å². The zero-order chi connectivity index (χ0) is 10.7. The molecule has 1 N–H and O–H groups in total. The van der Waals surface area contributed by atoms with E-state index in [-0.39, 0.29) is 0 Å². The van der Waals surface area contributed by atoms with Gasteiger partial charge in [0.15, 0.2) is 0 Å². The fourth-order valence-electron chi connectivity index (χ4n) is 2.57. The van der Waals surface area contributed by atoms with Crippen LogP contribution >= 0.6 is 11.3 Å². The second-order valence-electron chi connectivity index (χ2n) is 4.66. The van der Waals surface area contributed by atoms with Crippen molar-refractivity contribution >= 4 is 11.3 Å². The van der Waals surface area contributed by atoms with Crippen LogP contribution in [0.25, 0.3) is 0 Å². The highest BCUT2D eigenvalue weighted by atomic mass is 32.1. The van der Waals surface area contributed by atoms with Crippen molar-refractivity contribution in [2.45, 2.75) is 38.6 Å². The van der Waals surface area contributed by atoms with E-state index in [1.165, 1.54) is 30.7 Å². The number of hydrogen-bond acceptors (Lipinski definition) is 3. The molecule has 1 atom stereocenters. The molecule has 84 valence electrons. The van der Waals surface area contributed by atoms with E-state index >= 15 is 0 Å². The molecule has 0 aromatic carbocycles. The highest BCUT2D eigenvalue weighted by Crippen LogP contribution is 2.36. The van der Waals surface area contributed by atoms with Crippen molar-refractivity contribution < 1.29 is 0 Å². The van der Waals surface area contributed by atoms with E-state index in [0.717, 1.165) is 11.8 Å². The van der Waals surface area contributed by atoms with Gasteiger partial charge in [-0.15, -0.1) is 11.3 Å². The largest absolute Gasteiger partial charge is 0.311 e. The molecule has 15 heavy (non-hydrogen) atoms. The summed E-state index contributed by atoms with van der Waals surface area (Å²) in [5.41, 5.74) is 0. The summed E-state index contributed by atoms with van der Waals surface area (Å²) < 4.78 is 0. The third-order valence-corrected chi connectivity index (χ3v) is 4.42. The molecule has 0 amide bonds. The van der Waals surface area contributed by atoms with Crippen LogP contribution in [0.15, 0.2) is 11.6 Å². The maximum atomic E-state index is 4.44. The molecule has 1 aliphatic rings. The highest BCUT2D eigenvalue weighted by molar-refractivity contribution is 7.09. The van der Waals surface area contributed by atoms with Gasteiger partial charge in [0.25, 0.3) is 0 Å². The van der Waals surface area contributed by atoms with Crippen molar-refractivity contribution in [3.05, 3.63) is 16.6 Å². The van der Waals surface area contributed by atoms with Crippen molar-refractivity contribution in [1.29, 1.82) is 0 Å². The molecule has 0 radical (unpaired) electrons. The second-order valence-corrected chi connectivity index (χ2v) is 5.58. The van der Waals surface area contributed by atoms with Gasteiger partial charge in [0.05, 0.1) is 6.04 Å². The average Bonchev–Trinajstić information content (AvgIpc) is 2.75. The first-order chi connectivity index (χ1) is 7.31. The van der Waals surface area contributed by atoms with Crippen LogP contribution in [-0.2, 0) is 0 Å². The number of rotatable bonds is 3. The standard InChI is InChI=1S/C12H20N2S/c1-9-3-5-10(6-4-9)11(13-2)12-14-7-8-15-12/h7-11,13H,3-6H2,1-2H3. The normalized spacial score (nSPS) is 28.9. The maximum absolute atomic E-state index is 4.44. The summed E-state index contributed by atoms with van der Waals surface area (Å²) in [7, 11) is 2.06. The Bertz CT molecular complexity index is 276. The third-order valence-electron chi connectivity index (χ3n) is 3.56. The SMILES string of the molecule is CNC(c1nccs1)C1CCC(C)CC1. The van der Waals surface area contributed by atoms with Gasteiger partial charge in [-0.2, -0.15) is 0 Å². The van der Waals surface area contributed by atoms with Gasteiger partial charge >= 0.3 is 0 Å². The molecule has 0 aliphatic heterocycles. The van der Waals surface area contributed by atoms with Crippen molar-refractivity contribution in [3.63, 3.8) is 0 Å². The Morgan fingerprint density at radius 2 is 2.13 bits per heavy atom. The van der Waals surface area contributed by atoms with Gasteiger partial charge in [-0.05, 0) is 31.7 Å². The van der Waals surface area contributed by atoms with Gasteiger partial charge in [-0.1, -0.05) is 19.8 Å². The van der Waals surface area contributed by atoms with E-state index in [2.05, 4.69) is 29.7 Å². The van der Waals surface area contributed by atoms with E-state index in [0.29, 0.717) is 6.04 Å². The zero-order valence-corrected chi connectivity index (χ0v) is 10.4. The van der Waals surface area contributed by atoms with Crippen LogP contribution in [0, 0.1) is 11.8 Å². The van der Waals surface area contributed by atoms with Crippen molar-refractivity contribution in [3.8, 4) is 0 Å². The highest BCUT2D eigenvalue weighted by Gasteiger charge is 2.27. The van der Waals surface area contributed by atoms with Gasteiger partial charge in [-0.25, -0.2) is 4.98 Å². The molecule has 0 bridgehead atoms. The van der Waals surface area contributed by atoms with Crippen LogP contribution in [0.3, 0.4) is 0 Å². The molecule has 2 rings (SSSR count). The van der Waals surface area contributed by atoms with Crippen LogP contribution in [0.1, 0.15) is 43.7 Å². The van der Waals surface area contributed by atoms with E-state index in [4.69, 9.17) is 0 Å². The average molecular weight is 224 g/mol. The molecule has 1 unspecified atom stereocenters. The maximum Gasteiger partial charge on any atom is 0.110 e. The third kappa shape index (κ3) is 2.58. The molecule has 1 aromatic heterocycles. The monoisotopic (exact) mass is 224 g/mol. The van der Waals surface area contributed by atoms with Crippen LogP contribution in [0.5, 0.6) is 0 Å². The molecule has 0 spiro atoms. The van der Waals surface area contributed by atoms with Gasteiger partial charge in [0, 0.05) is 11.6 Å².